The molecule has 2 aliphatic rings. The zero-order valence-electron chi connectivity index (χ0n) is 16.4. The van der Waals surface area contributed by atoms with E-state index in [2.05, 4.69) is 10.6 Å². The number of hydrogen-bond donors (Lipinski definition) is 2. The molecule has 0 saturated carbocycles. The molecule has 2 saturated heterocycles. The highest BCUT2D eigenvalue weighted by atomic mass is 35.5. The highest BCUT2D eigenvalue weighted by Crippen LogP contribution is 2.32. The fourth-order valence-corrected chi connectivity index (χ4v) is 4.34. The van der Waals surface area contributed by atoms with E-state index >= 15 is 0 Å². The minimum atomic E-state index is 0. The minimum Gasteiger partial charge on any atom is -0.352 e. The molecule has 5 nitrogen and oxygen atoms in total. The van der Waals surface area contributed by atoms with E-state index in [1.54, 1.807) is 0 Å². The van der Waals surface area contributed by atoms with Crippen LogP contribution < -0.4 is 10.6 Å². The van der Waals surface area contributed by atoms with Gasteiger partial charge in [0.25, 0.3) is 5.91 Å². The summed E-state index contributed by atoms with van der Waals surface area (Å²) in [6.45, 7) is 5.92. The molecular weight excluding hydrogens is 362 g/mol. The lowest BCUT2D eigenvalue weighted by Gasteiger charge is -2.28. The number of piperidine rings is 1. The predicted molar refractivity (Wildman–Crippen MR) is 110 cm³/mol. The number of carbonyl (C=O) groups excluding carboxylic acids is 2. The second kappa shape index (κ2) is 10.1. The van der Waals surface area contributed by atoms with Crippen molar-refractivity contribution in [2.24, 2.45) is 5.92 Å². The number of benzene rings is 1. The Labute approximate surface area is 168 Å². The van der Waals surface area contributed by atoms with E-state index in [1.807, 2.05) is 43.0 Å². The summed E-state index contributed by atoms with van der Waals surface area (Å²) in [5.74, 6) is 0.716. The van der Waals surface area contributed by atoms with Gasteiger partial charge in [0.2, 0.25) is 5.91 Å². The largest absolute Gasteiger partial charge is 0.352 e. The lowest BCUT2D eigenvalue weighted by molar-refractivity contribution is -0.122. The van der Waals surface area contributed by atoms with Crippen LogP contribution in [0.25, 0.3) is 0 Å². The van der Waals surface area contributed by atoms with Crippen molar-refractivity contribution in [3.8, 4) is 0 Å². The Kier molecular flexibility index (Phi) is 8.11. The first-order valence-corrected chi connectivity index (χ1v) is 10.00. The molecular formula is C21H32ClN3O2. The number of amides is 2. The zero-order valence-corrected chi connectivity index (χ0v) is 17.2. The van der Waals surface area contributed by atoms with E-state index in [-0.39, 0.29) is 24.2 Å². The van der Waals surface area contributed by atoms with Crippen LogP contribution >= 0.6 is 12.4 Å². The smallest absolute Gasteiger partial charge is 0.253 e. The van der Waals surface area contributed by atoms with Crippen LogP contribution in [0.5, 0.6) is 0 Å². The maximum Gasteiger partial charge on any atom is 0.253 e. The summed E-state index contributed by atoms with van der Waals surface area (Å²) < 4.78 is 0. The molecule has 0 radical (unpaired) electrons. The normalized spacial score (nSPS) is 23.4. The average molecular weight is 394 g/mol. The number of nitrogens with zero attached hydrogens (tertiary/aromatic N) is 1. The molecule has 2 N–H and O–H groups in total. The molecule has 1 aromatic carbocycles. The summed E-state index contributed by atoms with van der Waals surface area (Å²) >= 11 is 0. The van der Waals surface area contributed by atoms with E-state index in [1.165, 1.54) is 12.8 Å². The quantitative estimate of drug-likeness (QED) is 0.748. The fraction of sp³-hybridized carbons (Fsp3) is 0.619. The number of halogens is 1. The molecule has 6 heteroatoms. The van der Waals surface area contributed by atoms with E-state index in [4.69, 9.17) is 0 Å². The van der Waals surface area contributed by atoms with Gasteiger partial charge in [-0.05, 0) is 63.1 Å². The Bertz CT molecular complexity index is 619. The first-order valence-electron chi connectivity index (χ1n) is 10.00. The average Bonchev–Trinajstić information content (AvgIpc) is 2.99. The van der Waals surface area contributed by atoms with Crippen molar-refractivity contribution >= 4 is 24.2 Å². The van der Waals surface area contributed by atoms with Gasteiger partial charge in [-0.15, -0.1) is 12.4 Å². The number of hydrogen-bond acceptors (Lipinski definition) is 3. The molecule has 3 rings (SSSR count). The number of carbonyl (C=O) groups is 2. The summed E-state index contributed by atoms with van der Waals surface area (Å²) in [5, 5.41) is 6.65. The van der Waals surface area contributed by atoms with Gasteiger partial charge < -0.3 is 15.5 Å². The molecule has 2 amide bonds. The van der Waals surface area contributed by atoms with Crippen LogP contribution in [0.1, 0.15) is 61.9 Å². The highest BCUT2D eigenvalue weighted by molar-refractivity contribution is 5.94. The third-order valence-corrected chi connectivity index (χ3v) is 5.79. The second-order valence-corrected chi connectivity index (χ2v) is 7.63. The highest BCUT2D eigenvalue weighted by Gasteiger charge is 2.34. The summed E-state index contributed by atoms with van der Waals surface area (Å²) in [5.41, 5.74) is 1.73. The van der Waals surface area contributed by atoms with Crippen LogP contribution in [-0.4, -0.2) is 41.9 Å². The van der Waals surface area contributed by atoms with Gasteiger partial charge in [0.05, 0.1) is 0 Å². The van der Waals surface area contributed by atoms with Crippen LogP contribution in [0.4, 0.5) is 0 Å². The van der Waals surface area contributed by atoms with Crippen molar-refractivity contribution < 1.29 is 9.59 Å². The minimum absolute atomic E-state index is 0. The van der Waals surface area contributed by atoms with E-state index in [0.29, 0.717) is 49.6 Å². The topological polar surface area (TPSA) is 61.4 Å². The first-order chi connectivity index (χ1) is 12.6. The lowest BCUT2D eigenvalue weighted by Crippen LogP contribution is -2.39. The van der Waals surface area contributed by atoms with Gasteiger partial charge in [0.1, 0.15) is 0 Å². The summed E-state index contributed by atoms with van der Waals surface area (Å²) in [6, 6.07) is 8.83. The molecule has 2 aliphatic heterocycles. The van der Waals surface area contributed by atoms with Gasteiger partial charge in [-0.1, -0.05) is 12.1 Å². The van der Waals surface area contributed by atoms with Crippen molar-refractivity contribution in [3.63, 3.8) is 0 Å². The maximum absolute atomic E-state index is 12.3. The Morgan fingerprint density at radius 2 is 1.67 bits per heavy atom. The molecule has 2 heterocycles. The lowest BCUT2D eigenvalue weighted by atomic mass is 9.89. The predicted octanol–water partition coefficient (Wildman–Crippen LogP) is 3.13. The van der Waals surface area contributed by atoms with Gasteiger partial charge in [0, 0.05) is 43.7 Å². The molecule has 0 aliphatic carbocycles. The number of nitrogens with one attached hydrogen (secondary N) is 2. The second-order valence-electron chi connectivity index (χ2n) is 7.63. The Balaban J connectivity index is 0.00000261. The van der Waals surface area contributed by atoms with Crippen molar-refractivity contribution in [1.29, 1.82) is 0 Å². The molecule has 2 bridgehead atoms. The Morgan fingerprint density at radius 3 is 2.22 bits per heavy atom. The van der Waals surface area contributed by atoms with Gasteiger partial charge >= 0.3 is 0 Å². The zero-order chi connectivity index (χ0) is 18.5. The van der Waals surface area contributed by atoms with Crippen molar-refractivity contribution in [3.05, 3.63) is 35.4 Å². The van der Waals surface area contributed by atoms with Crippen molar-refractivity contribution in [1.82, 2.24) is 15.5 Å². The molecule has 1 aromatic rings. The van der Waals surface area contributed by atoms with Crippen LogP contribution in [-0.2, 0) is 11.3 Å². The maximum atomic E-state index is 12.3. The van der Waals surface area contributed by atoms with Gasteiger partial charge in [-0.3, -0.25) is 9.59 Å². The first kappa shape index (κ1) is 21.7. The summed E-state index contributed by atoms with van der Waals surface area (Å²) in [6.07, 6.45) is 5.42. The van der Waals surface area contributed by atoms with Crippen LogP contribution in [0.3, 0.4) is 0 Å². The van der Waals surface area contributed by atoms with Crippen LogP contribution in [0, 0.1) is 5.92 Å². The fourth-order valence-electron chi connectivity index (χ4n) is 4.34. The monoisotopic (exact) mass is 393 g/mol. The molecule has 2 unspecified atom stereocenters. The molecule has 2 fully saturated rings. The molecule has 2 atom stereocenters. The van der Waals surface area contributed by atoms with Crippen LogP contribution in [0.15, 0.2) is 24.3 Å². The molecule has 27 heavy (non-hydrogen) atoms. The van der Waals surface area contributed by atoms with Gasteiger partial charge in [0.15, 0.2) is 0 Å². The van der Waals surface area contributed by atoms with Gasteiger partial charge in [-0.2, -0.15) is 0 Å². The Morgan fingerprint density at radius 1 is 1.07 bits per heavy atom. The Hall–Kier alpha value is -1.59. The van der Waals surface area contributed by atoms with Crippen molar-refractivity contribution in [2.75, 3.05) is 13.1 Å². The van der Waals surface area contributed by atoms with Gasteiger partial charge in [-0.25, -0.2) is 0 Å². The molecule has 0 aromatic heterocycles. The molecule has 150 valence electrons. The third kappa shape index (κ3) is 5.69. The summed E-state index contributed by atoms with van der Waals surface area (Å²) in [4.78, 5) is 26.4. The van der Waals surface area contributed by atoms with E-state index in [9.17, 15) is 9.59 Å². The number of fused-ring (bicyclic) bond motifs is 2. The summed E-state index contributed by atoms with van der Waals surface area (Å²) in [7, 11) is 0. The molecule has 0 spiro atoms. The standard InChI is InChI=1S/C21H31N3O2.ClH/c1-3-24(4-2)21(26)17-7-5-15(6-8-17)14-22-20(25)13-16-11-18-9-10-19(12-16)23-18;/h5-8,16,18-19,23H,3-4,9-14H2,1-2H3,(H,22,25);1H. The van der Waals surface area contributed by atoms with Crippen LogP contribution in [0.2, 0.25) is 0 Å². The van der Waals surface area contributed by atoms with E-state index < -0.39 is 0 Å². The van der Waals surface area contributed by atoms with Crippen molar-refractivity contribution in [2.45, 2.75) is 64.6 Å². The number of rotatable bonds is 7. The third-order valence-electron chi connectivity index (χ3n) is 5.79. The van der Waals surface area contributed by atoms with E-state index in [0.717, 1.165) is 18.4 Å². The SMILES string of the molecule is CCN(CC)C(=O)c1ccc(CNC(=O)CC2CC3CCC(C2)N3)cc1.Cl.